The van der Waals surface area contributed by atoms with E-state index in [-0.39, 0.29) is 34.2 Å². The van der Waals surface area contributed by atoms with E-state index < -0.39 is 71.0 Å². The molecule has 0 aliphatic heterocycles. The van der Waals surface area contributed by atoms with Crippen molar-refractivity contribution in [2.45, 2.75) is 84.9 Å². The van der Waals surface area contributed by atoms with Crippen LogP contribution in [0.15, 0.2) is 76.0 Å². The van der Waals surface area contributed by atoms with Crippen LogP contribution in [0.3, 0.4) is 0 Å². The molecule has 274 valence electrons. The minimum atomic E-state index is -4.74. The summed E-state index contributed by atoms with van der Waals surface area (Å²) < 4.78 is 63.7. The number of hydrogen-bond donors (Lipinski definition) is 0. The van der Waals surface area contributed by atoms with E-state index in [9.17, 15) is 32.3 Å². The van der Waals surface area contributed by atoms with Crippen molar-refractivity contribution < 1.29 is 46.3 Å². The van der Waals surface area contributed by atoms with Gasteiger partial charge in [-0.3, -0.25) is 19.2 Å². The average molecular weight is 723 g/mol. The number of carbonyl (C=O) groups is 3. The monoisotopic (exact) mass is 722 g/mol. The lowest BCUT2D eigenvalue weighted by Gasteiger charge is -2.34. The highest BCUT2D eigenvalue weighted by Crippen LogP contribution is 2.37. The molecule has 3 aromatic carbocycles. The topological polar surface area (TPSA) is 153 Å². The second-order valence-electron chi connectivity index (χ2n) is 14.2. The van der Waals surface area contributed by atoms with Crippen LogP contribution in [-0.4, -0.2) is 49.1 Å². The van der Waals surface area contributed by atoms with Gasteiger partial charge in [0.25, 0.3) is 5.56 Å². The Bertz CT molecular complexity index is 2150. The summed E-state index contributed by atoms with van der Waals surface area (Å²) in [5.41, 5.74) is -5.86. The number of rotatable bonds is 11. The quantitative estimate of drug-likeness (QED) is 0.0798. The number of alkyl halides is 3. The third-order valence-electron chi connectivity index (χ3n) is 7.80. The maximum absolute atomic E-state index is 14.1. The maximum Gasteiger partial charge on any atom is 0.416 e. The largest absolute Gasteiger partial charge is 0.489 e. The third kappa shape index (κ3) is 8.64. The molecule has 0 atom stereocenters. The number of aryl methyl sites for hydroxylation is 1. The highest BCUT2D eigenvalue weighted by atomic mass is 19.4. The summed E-state index contributed by atoms with van der Waals surface area (Å²) in [5.74, 6) is -2.62. The predicted octanol–water partition coefficient (Wildman–Crippen LogP) is 6.86. The molecule has 0 saturated heterocycles. The minimum absolute atomic E-state index is 0.0958. The first kappa shape index (κ1) is 37.7. The van der Waals surface area contributed by atoms with Gasteiger partial charge in [-0.05, 0) is 83.9 Å². The first-order valence-corrected chi connectivity index (χ1v) is 16.3. The van der Waals surface area contributed by atoms with Crippen LogP contribution < -0.4 is 10.3 Å². The lowest BCUT2D eigenvalue weighted by molar-refractivity contribution is -0.186. The molecule has 2 heterocycles. The van der Waals surface area contributed by atoms with Crippen molar-refractivity contribution >= 4 is 39.6 Å². The fourth-order valence-electron chi connectivity index (χ4n) is 5.27. The van der Waals surface area contributed by atoms with Crippen LogP contribution in [0.1, 0.15) is 76.0 Å². The standard InChI is InChI=1S/C37H37F3N4O8/c1-34(2,3)50-32(47)36(33(48)51-35(4,5)6,16-17-44-31(46)26-18-23(37(38,39)40)12-15-27(26)41-43-44)20-28(45)30-25-14-13-24(19-29(25)52-42-30)49-21-22-10-8-7-9-11-22/h7-15,18-19H,16-17,20-21H2,1-6H3. The van der Waals surface area contributed by atoms with Gasteiger partial charge in [-0.15, -0.1) is 5.10 Å². The predicted molar refractivity (Wildman–Crippen MR) is 181 cm³/mol. The number of benzene rings is 3. The zero-order valence-electron chi connectivity index (χ0n) is 29.4. The molecule has 0 N–H and O–H groups in total. The number of esters is 2. The minimum Gasteiger partial charge on any atom is -0.489 e. The molecule has 0 bridgehead atoms. The smallest absolute Gasteiger partial charge is 0.416 e. The summed E-state index contributed by atoms with van der Waals surface area (Å²) in [6, 6.07) is 16.6. The molecule has 5 rings (SSSR count). The summed E-state index contributed by atoms with van der Waals surface area (Å²) in [5, 5.41) is 11.5. The Morgan fingerprint density at radius 2 is 1.48 bits per heavy atom. The van der Waals surface area contributed by atoms with E-state index in [0.29, 0.717) is 11.8 Å². The molecule has 0 amide bonds. The van der Waals surface area contributed by atoms with Crippen LogP contribution >= 0.6 is 0 Å². The van der Waals surface area contributed by atoms with Crippen molar-refractivity contribution in [3.63, 3.8) is 0 Å². The molecule has 2 aromatic heterocycles. The van der Waals surface area contributed by atoms with Crippen molar-refractivity contribution in [1.82, 2.24) is 20.2 Å². The number of carbonyl (C=O) groups excluding carboxylic acids is 3. The lowest BCUT2D eigenvalue weighted by atomic mass is 9.78. The van der Waals surface area contributed by atoms with E-state index >= 15 is 0 Å². The number of hydrogen-bond acceptors (Lipinski definition) is 11. The Labute approximate surface area is 295 Å². The Morgan fingerprint density at radius 1 is 0.827 bits per heavy atom. The molecular weight excluding hydrogens is 685 g/mol. The molecule has 12 nitrogen and oxygen atoms in total. The number of fused-ring (bicyclic) bond motifs is 2. The number of Topliss-reactive ketones (excluding diaryl/α,β-unsaturated/α-hetero) is 1. The number of halogens is 3. The van der Waals surface area contributed by atoms with E-state index in [4.69, 9.17) is 18.7 Å². The Balaban J connectivity index is 1.52. The molecule has 0 saturated carbocycles. The van der Waals surface area contributed by atoms with Gasteiger partial charge < -0.3 is 18.7 Å². The number of ketones is 1. The molecule has 0 fully saturated rings. The van der Waals surface area contributed by atoms with Gasteiger partial charge in [0.1, 0.15) is 29.1 Å². The summed E-state index contributed by atoms with van der Waals surface area (Å²) in [4.78, 5) is 55.7. The SMILES string of the molecule is CC(C)(C)OC(=O)C(CCn1nnc2ccc(C(F)(F)F)cc2c1=O)(CC(=O)c1noc2cc(OCc3ccccc3)ccc12)C(=O)OC(C)(C)C. The molecule has 52 heavy (non-hydrogen) atoms. The number of aromatic nitrogens is 4. The second kappa shape index (κ2) is 14.2. The molecule has 0 aliphatic rings. The third-order valence-corrected chi connectivity index (χ3v) is 7.80. The molecule has 0 radical (unpaired) electrons. The fourth-order valence-corrected chi connectivity index (χ4v) is 5.27. The molecule has 0 aliphatic carbocycles. The second-order valence-corrected chi connectivity index (χ2v) is 14.2. The Kier molecular flexibility index (Phi) is 10.3. The van der Waals surface area contributed by atoms with Crippen molar-refractivity contribution in [2.75, 3.05) is 0 Å². The van der Waals surface area contributed by atoms with E-state index in [0.717, 1.165) is 22.4 Å². The summed E-state index contributed by atoms with van der Waals surface area (Å²) in [7, 11) is 0. The summed E-state index contributed by atoms with van der Waals surface area (Å²) in [6.45, 7) is 9.11. The molecule has 5 aromatic rings. The zero-order chi connectivity index (χ0) is 38.1. The summed E-state index contributed by atoms with van der Waals surface area (Å²) >= 11 is 0. The molecule has 0 unspecified atom stereocenters. The highest BCUT2D eigenvalue weighted by Gasteiger charge is 2.53. The Morgan fingerprint density at radius 3 is 2.10 bits per heavy atom. The molecule has 15 heteroatoms. The van der Waals surface area contributed by atoms with Gasteiger partial charge in [0.05, 0.1) is 16.3 Å². The van der Waals surface area contributed by atoms with Crippen molar-refractivity contribution in [2.24, 2.45) is 5.41 Å². The van der Waals surface area contributed by atoms with E-state index in [1.54, 1.807) is 59.7 Å². The van der Waals surface area contributed by atoms with Crippen LogP contribution in [0, 0.1) is 5.41 Å². The first-order chi connectivity index (χ1) is 24.3. The van der Waals surface area contributed by atoms with Crippen molar-refractivity contribution in [3.05, 3.63) is 93.9 Å². The lowest BCUT2D eigenvalue weighted by Crippen LogP contribution is -2.49. The molecular formula is C37H37F3N4O8. The van der Waals surface area contributed by atoms with Crippen LogP contribution in [0.2, 0.25) is 0 Å². The van der Waals surface area contributed by atoms with Gasteiger partial charge in [-0.1, -0.05) is 40.7 Å². The van der Waals surface area contributed by atoms with Gasteiger partial charge in [-0.2, -0.15) is 13.2 Å². The van der Waals surface area contributed by atoms with E-state index in [2.05, 4.69) is 15.5 Å². The zero-order valence-corrected chi connectivity index (χ0v) is 29.4. The number of nitrogens with zero attached hydrogens (tertiary/aromatic N) is 4. The van der Waals surface area contributed by atoms with Crippen molar-refractivity contribution in [1.29, 1.82) is 0 Å². The van der Waals surface area contributed by atoms with Crippen LogP contribution in [0.4, 0.5) is 13.2 Å². The Hall–Kier alpha value is -5.60. The van der Waals surface area contributed by atoms with Crippen molar-refractivity contribution in [3.8, 4) is 5.75 Å². The normalized spacial score (nSPS) is 12.6. The van der Waals surface area contributed by atoms with Crippen LogP contribution in [0.5, 0.6) is 5.75 Å². The van der Waals surface area contributed by atoms with Gasteiger partial charge in [0.2, 0.25) is 0 Å². The summed E-state index contributed by atoms with van der Waals surface area (Å²) in [6.07, 6.45) is -6.16. The average Bonchev–Trinajstić information content (AvgIpc) is 3.48. The van der Waals surface area contributed by atoms with Gasteiger partial charge in [-0.25, -0.2) is 4.68 Å². The van der Waals surface area contributed by atoms with Gasteiger partial charge >= 0.3 is 18.1 Å². The highest BCUT2D eigenvalue weighted by molar-refractivity contribution is 6.11. The van der Waals surface area contributed by atoms with E-state index in [1.165, 1.54) is 0 Å². The molecule has 0 spiro atoms. The van der Waals surface area contributed by atoms with Gasteiger partial charge in [0, 0.05) is 19.0 Å². The maximum atomic E-state index is 14.1. The fraction of sp³-hybridized carbons (Fsp3) is 0.378. The van der Waals surface area contributed by atoms with Crippen LogP contribution in [0.25, 0.3) is 21.9 Å². The first-order valence-electron chi connectivity index (χ1n) is 16.3. The number of ether oxygens (including phenoxy) is 3. The van der Waals surface area contributed by atoms with E-state index in [1.807, 2.05) is 30.3 Å². The van der Waals surface area contributed by atoms with Gasteiger partial charge in [0.15, 0.2) is 22.5 Å². The van der Waals surface area contributed by atoms with Crippen LogP contribution in [-0.2, 0) is 38.4 Å².